The van der Waals surface area contributed by atoms with E-state index in [1.807, 2.05) is 13.0 Å². The Kier molecular flexibility index (Phi) is 5.65. The van der Waals surface area contributed by atoms with Gasteiger partial charge in [0.05, 0.1) is 0 Å². The summed E-state index contributed by atoms with van der Waals surface area (Å²) in [5, 5.41) is 0. The number of aromatic nitrogens is 1. The maximum Gasteiger partial charge on any atom is 0.344 e. The first-order valence-electron chi connectivity index (χ1n) is 6.99. The van der Waals surface area contributed by atoms with Crippen molar-refractivity contribution in [3.8, 4) is 5.75 Å². The highest BCUT2D eigenvalue weighted by Crippen LogP contribution is 2.13. The van der Waals surface area contributed by atoms with Crippen molar-refractivity contribution in [3.05, 3.63) is 59.9 Å². The van der Waals surface area contributed by atoms with Gasteiger partial charge in [-0.05, 0) is 30.3 Å². The minimum Gasteiger partial charge on any atom is -0.482 e. The molecule has 5 heteroatoms. The fourth-order valence-corrected chi connectivity index (χ4v) is 1.77. The lowest BCUT2D eigenvalue weighted by atomic mass is 10.1. The van der Waals surface area contributed by atoms with E-state index in [1.165, 1.54) is 0 Å². The number of carbonyl (C=O) groups excluding carboxylic acids is 2. The number of esters is 1. The molecule has 22 heavy (non-hydrogen) atoms. The molecule has 2 rings (SSSR count). The topological polar surface area (TPSA) is 65.5 Å². The minimum atomic E-state index is -0.461. The highest BCUT2D eigenvalue weighted by atomic mass is 16.6. The van der Waals surface area contributed by atoms with Gasteiger partial charge in [0.25, 0.3) is 0 Å². The number of rotatable bonds is 7. The molecule has 1 aromatic heterocycles. The summed E-state index contributed by atoms with van der Waals surface area (Å²) in [6, 6.07) is 10.3. The van der Waals surface area contributed by atoms with Crippen molar-refractivity contribution < 1.29 is 19.1 Å². The molecule has 1 aromatic carbocycles. The van der Waals surface area contributed by atoms with Gasteiger partial charge in [0.1, 0.15) is 12.4 Å². The summed E-state index contributed by atoms with van der Waals surface area (Å²) in [6.07, 6.45) is 3.75. The molecule has 1 heterocycles. The van der Waals surface area contributed by atoms with E-state index in [2.05, 4.69) is 4.98 Å². The second-order valence-electron chi connectivity index (χ2n) is 4.61. The standard InChI is InChI=1S/C17H17NO4/c1-2-16(19)14-5-7-15(8-6-14)21-12-17(20)22-11-13-4-3-9-18-10-13/h3-10H,2,11-12H2,1H3. The van der Waals surface area contributed by atoms with Crippen LogP contribution in [0.2, 0.25) is 0 Å². The maximum atomic E-state index is 11.6. The molecule has 0 saturated carbocycles. The lowest BCUT2D eigenvalue weighted by Gasteiger charge is -2.07. The highest BCUT2D eigenvalue weighted by molar-refractivity contribution is 5.95. The number of hydrogen-bond acceptors (Lipinski definition) is 5. The SMILES string of the molecule is CCC(=O)c1ccc(OCC(=O)OCc2cccnc2)cc1. The molecule has 0 fully saturated rings. The monoisotopic (exact) mass is 299 g/mol. The van der Waals surface area contributed by atoms with E-state index >= 15 is 0 Å². The van der Waals surface area contributed by atoms with Crippen molar-refractivity contribution in [2.45, 2.75) is 20.0 Å². The van der Waals surface area contributed by atoms with E-state index in [9.17, 15) is 9.59 Å². The van der Waals surface area contributed by atoms with Crippen LogP contribution < -0.4 is 4.74 Å². The minimum absolute atomic E-state index is 0.0717. The molecular weight excluding hydrogens is 282 g/mol. The largest absolute Gasteiger partial charge is 0.482 e. The Morgan fingerprint density at radius 3 is 2.55 bits per heavy atom. The third-order valence-corrected chi connectivity index (χ3v) is 2.98. The fraction of sp³-hybridized carbons (Fsp3) is 0.235. The zero-order chi connectivity index (χ0) is 15.8. The van der Waals surface area contributed by atoms with Gasteiger partial charge in [-0.2, -0.15) is 0 Å². The van der Waals surface area contributed by atoms with Gasteiger partial charge in [-0.25, -0.2) is 4.79 Å². The molecule has 0 saturated heterocycles. The zero-order valence-corrected chi connectivity index (χ0v) is 12.3. The molecule has 0 spiro atoms. The van der Waals surface area contributed by atoms with Gasteiger partial charge >= 0.3 is 5.97 Å². The summed E-state index contributed by atoms with van der Waals surface area (Å²) < 4.78 is 10.4. The van der Waals surface area contributed by atoms with Crippen LogP contribution in [0.5, 0.6) is 5.75 Å². The van der Waals surface area contributed by atoms with Crippen LogP contribution in [0.25, 0.3) is 0 Å². The van der Waals surface area contributed by atoms with E-state index in [-0.39, 0.29) is 19.0 Å². The zero-order valence-electron chi connectivity index (χ0n) is 12.3. The average molecular weight is 299 g/mol. The van der Waals surface area contributed by atoms with Gasteiger partial charge in [-0.3, -0.25) is 9.78 Å². The Morgan fingerprint density at radius 1 is 1.14 bits per heavy atom. The van der Waals surface area contributed by atoms with Gasteiger partial charge in [0.2, 0.25) is 0 Å². The number of hydrogen-bond donors (Lipinski definition) is 0. The number of ether oxygens (including phenoxy) is 2. The van der Waals surface area contributed by atoms with Crippen LogP contribution in [-0.4, -0.2) is 23.3 Å². The molecule has 0 aliphatic carbocycles. The van der Waals surface area contributed by atoms with E-state index in [1.54, 1.807) is 42.7 Å². The number of nitrogens with zero attached hydrogens (tertiary/aromatic N) is 1. The molecule has 2 aromatic rings. The van der Waals surface area contributed by atoms with Crippen LogP contribution in [0.15, 0.2) is 48.8 Å². The van der Waals surface area contributed by atoms with Crippen molar-refractivity contribution >= 4 is 11.8 Å². The normalized spacial score (nSPS) is 10.0. The summed E-state index contributed by atoms with van der Waals surface area (Å²) >= 11 is 0. The summed E-state index contributed by atoms with van der Waals surface area (Å²) in [4.78, 5) is 27.0. The van der Waals surface area contributed by atoms with Gasteiger partial charge < -0.3 is 9.47 Å². The van der Waals surface area contributed by atoms with Crippen molar-refractivity contribution in [2.24, 2.45) is 0 Å². The first-order chi connectivity index (χ1) is 10.7. The molecule has 5 nitrogen and oxygen atoms in total. The van der Waals surface area contributed by atoms with E-state index in [4.69, 9.17) is 9.47 Å². The molecule has 0 amide bonds. The quantitative estimate of drug-likeness (QED) is 0.581. The molecule has 0 bridgehead atoms. The average Bonchev–Trinajstić information content (AvgIpc) is 2.58. The Hall–Kier alpha value is -2.69. The van der Waals surface area contributed by atoms with Crippen LogP contribution in [0.3, 0.4) is 0 Å². The molecular formula is C17H17NO4. The van der Waals surface area contributed by atoms with Crippen molar-refractivity contribution in [3.63, 3.8) is 0 Å². The Balaban J connectivity index is 1.77. The molecule has 114 valence electrons. The van der Waals surface area contributed by atoms with Crippen LogP contribution in [0.4, 0.5) is 0 Å². The Labute approximate surface area is 128 Å². The summed E-state index contributed by atoms with van der Waals surface area (Å²) in [5.41, 5.74) is 1.45. The first kappa shape index (κ1) is 15.7. The Bertz CT molecular complexity index is 623. The molecule has 0 aliphatic heterocycles. The summed E-state index contributed by atoms with van der Waals surface area (Å²) in [5.74, 6) is 0.131. The third kappa shape index (κ3) is 4.70. The van der Waals surface area contributed by atoms with Crippen molar-refractivity contribution in [1.29, 1.82) is 0 Å². The Morgan fingerprint density at radius 2 is 1.91 bits per heavy atom. The van der Waals surface area contributed by atoms with Gasteiger partial charge in [-0.15, -0.1) is 0 Å². The lowest BCUT2D eigenvalue weighted by Crippen LogP contribution is -2.14. The van der Waals surface area contributed by atoms with Crippen LogP contribution >= 0.6 is 0 Å². The number of pyridine rings is 1. The second-order valence-corrected chi connectivity index (χ2v) is 4.61. The smallest absolute Gasteiger partial charge is 0.344 e. The van der Waals surface area contributed by atoms with Crippen LogP contribution in [0.1, 0.15) is 29.3 Å². The van der Waals surface area contributed by atoms with E-state index in [0.717, 1.165) is 5.56 Å². The molecule has 0 atom stereocenters. The van der Waals surface area contributed by atoms with Gasteiger partial charge in [-0.1, -0.05) is 13.0 Å². The predicted octanol–water partition coefficient (Wildman–Crippen LogP) is 2.80. The molecule has 0 aliphatic rings. The molecule has 0 unspecified atom stereocenters. The van der Waals surface area contributed by atoms with E-state index in [0.29, 0.717) is 17.7 Å². The van der Waals surface area contributed by atoms with Crippen molar-refractivity contribution in [2.75, 3.05) is 6.61 Å². The van der Waals surface area contributed by atoms with Gasteiger partial charge in [0, 0.05) is 29.9 Å². The first-order valence-corrected chi connectivity index (χ1v) is 6.99. The third-order valence-electron chi connectivity index (χ3n) is 2.98. The van der Waals surface area contributed by atoms with Gasteiger partial charge in [0.15, 0.2) is 12.4 Å². The van der Waals surface area contributed by atoms with E-state index < -0.39 is 5.97 Å². The predicted molar refractivity (Wildman–Crippen MR) is 80.6 cm³/mol. The highest BCUT2D eigenvalue weighted by Gasteiger charge is 2.06. The molecule has 0 radical (unpaired) electrons. The number of carbonyl (C=O) groups is 2. The number of Topliss-reactive ketones (excluding diaryl/α,β-unsaturated/α-hetero) is 1. The van der Waals surface area contributed by atoms with Crippen molar-refractivity contribution in [1.82, 2.24) is 4.98 Å². The summed E-state index contributed by atoms with van der Waals surface area (Å²) in [7, 11) is 0. The maximum absolute atomic E-state index is 11.6. The summed E-state index contributed by atoms with van der Waals surface area (Å²) in [6.45, 7) is 1.80. The van der Waals surface area contributed by atoms with Crippen LogP contribution in [0, 0.1) is 0 Å². The number of benzene rings is 1. The lowest BCUT2D eigenvalue weighted by molar-refractivity contribution is -0.147. The second kappa shape index (κ2) is 7.93. The number of ketones is 1. The fourth-order valence-electron chi connectivity index (χ4n) is 1.77. The molecule has 0 N–H and O–H groups in total. The van der Waals surface area contributed by atoms with Crippen LogP contribution in [-0.2, 0) is 16.1 Å².